The van der Waals surface area contributed by atoms with Crippen LogP contribution >= 0.6 is 0 Å². The van der Waals surface area contributed by atoms with E-state index < -0.39 is 17.7 Å². The number of benzene rings is 3. The number of carbonyl (C=O) groups is 4. The van der Waals surface area contributed by atoms with Crippen LogP contribution in [0.5, 0.6) is 0 Å². The second-order valence-electron chi connectivity index (χ2n) is 15.6. The van der Waals surface area contributed by atoms with Gasteiger partial charge in [0.15, 0.2) is 11.5 Å². The van der Waals surface area contributed by atoms with Crippen molar-refractivity contribution in [3.05, 3.63) is 154 Å². The molecule has 0 fully saturated rings. The molecular weight excluding hydrogens is 805 g/mol. The SMILES string of the molecule is Cc1cc(N)nc(C)c1CNC(=O)c1cc2ccccc2o1.Cc1cc(NC(=O)OC(C)(C)C)nc(C)c1CNC(=O)c1cc2ccccc2o1.O=C(O)c1cc2ccccc2o1. The van der Waals surface area contributed by atoms with E-state index in [9.17, 15) is 19.2 Å². The fourth-order valence-electron chi connectivity index (χ4n) is 6.54. The molecule has 0 radical (unpaired) electrons. The van der Waals surface area contributed by atoms with Crippen LogP contribution in [0.4, 0.5) is 16.4 Å². The topological polar surface area (TPSA) is 225 Å². The summed E-state index contributed by atoms with van der Waals surface area (Å²) in [7, 11) is 0. The van der Waals surface area contributed by atoms with E-state index in [1.165, 1.54) is 6.07 Å². The molecule has 0 aliphatic rings. The van der Waals surface area contributed by atoms with Gasteiger partial charge in [0.05, 0.1) is 0 Å². The quantitative estimate of drug-likeness (QED) is 0.0963. The first-order chi connectivity index (χ1) is 29.9. The zero-order valence-corrected chi connectivity index (χ0v) is 35.9. The molecule has 5 heterocycles. The van der Waals surface area contributed by atoms with E-state index in [1.807, 2.05) is 88.4 Å². The Bertz CT molecular complexity index is 2810. The van der Waals surface area contributed by atoms with Crippen molar-refractivity contribution < 1.29 is 42.3 Å². The third kappa shape index (κ3) is 11.7. The number of hydrogen-bond acceptors (Lipinski definition) is 11. The number of nitrogens with zero attached hydrogens (tertiary/aromatic N) is 2. The van der Waals surface area contributed by atoms with Gasteiger partial charge in [-0.3, -0.25) is 14.9 Å². The van der Waals surface area contributed by atoms with Crippen LogP contribution < -0.4 is 21.7 Å². The van der Waals surface area contributed by atoms with Gasteiger partial charge in [-0.1, -0.05) is 54.6 Å². The number of para-hydroxylation sites is 3. The summed E-state index contributed by atoms with van der Waals surface area (Å²) in [6.45, 7) is 13.6. The molecule has 8 rings (SSSR count). The summed E-state index contributed by atoms with van der Waals surface area (Å²) >= 11 is 0. The molecule has 0 saturated heterocycles. The maximum Gasteiger partial charge on any atom is 0.413 e. The Morgan fingerprint density at radius 3 is 1.44 bits per heavy atom. The van der Waals surface area contributed by atoms with E-state index in [0.29, 0.717) is 52.9 Å². The summed E-state index contributed by atoms with van der Waals surface area (Å²) < 4.78 is 21.4. The van der Waals surface area contributed by atoms with E-state index in [0.717, 1.165) is 44.1 Å². The molecule has 0 aliphatic heterocycles. The molecule has 0 spiro atoms. The third-order valence-corrected chi connectivity index (χ3v) is 9.54. The molecule has 0 saturated carbocycles. The molecule has 5 aromatic heterocycles. The monoisotopic (exact) mass is 852 g/mol. The van der Waals surface area contributed by atoms with Gasteiger partial charge in [-0.15, -0.1) is 0 Å². The van der Waals surface area contributed by atoms with E-state index in [4.69, 9.17) is 28.8 Å². The number of furan rings is 3. The largest absolute Gasteiger partial charge is 0.475 e. The molecule has 15 nitrogen and oxygen atoms in total. The number of rotatable bonds is 8. The van der Waals surface area contributed by atoms with Crippen molar-refractivity contribution in [2.75, 3.05) is 11.1 Å². The Morgan fingerprint density at radius 2 is 1.03 bits per heavy atom. The predicted octanol–water partition coefficient (Wildman–Crippen LogP) is 9.81. The molecular formula is C48H48N6O9. The average molecular weight is 853 g/mol. The first-order valence-corrected chi connectivity index (χ1v) is 19.9. The van der Waals surface area contributed by atoms with Gasteiger partial charge in [-0.25, -0.2) is 19.6 Å². The van der Waals surface area contributed by atoms with Gasteiger partial charge >= 0.3 is 12.1 Å². The lowest BCUT2D eigenvalue weighted by Gasteiger charge is -2.20. The van der Waals surface area contributed by atoms with E-state index in [1.54, 1.807) is 57.2 Å². The van der Waals surface area contributed by atoms with Crippen molar-refractivity contribution in [2.24, 2.45) is 0 Å². The molecule has 0 bridgehead atoms. The van der Waals surface area contributed by atoms with Gasteiger partial charge < -0.3 is 39.5 Å². The number of aromatic nitrogens is 2. The fourth-order valence-corrected chi connectivity index (χ4v) is 6.54. The van der Waals surface area contributed by atoms with Crippen LogP contribution in [0.3, 0.4) is 0 Å². The molecule has 6 N–H and O–H groups in total. The fraction of sp³-hybridized carbons (Fsp3) is 0.208. The van der Waals surface area contributed by atoms with Gasteiger partial charge in [-0.2, -0.15) is 0 Å². The molecule has 3 amide bonds. The van der Waals surface area contributed by atoms with Crippen molar-refractivity contribution >= 4 is 68.4 Å². The third-order valence-electron chi connectivity index (χ3n) is 9.54. The Labute approximate surface area is 362 Å². The summed E-state index contributed by atoms with van der Waals surface area (Å²) in [6, 6.07) is 30.7. The van der Waals surface area contributed by atoms with Crippen LogP contribution in [-0.4, -0.2) is 44.6 Å². The number of aryl methyl sites for hydroxylation is 4. The summed E-state index contributed by atoms with van der Waals surface area (Å²) in [5, 5.41) is 19.6. The average Bonchev–Trinajstić information content (AvgIpc) is 3.97. The highest BCUT2D eigenvalue weighted by Crippen LogP contribution is 2.23. The van der Waals surface area contributed by atoms with Crippen LogP contribution in [0.25, 0.3) is 32.9 Å². The molecule has 63 heavy (non-hydrogen) atoms. The van der Waals surface area contributed by atoms with Crippen molar-refractivity contribution in [1.82, 2.24) is 20.6 Å². The number of ether oxygens (including phenoxy) is 1. The molecule has 8 aromatic rings. The lowest BCUT2D eigenvalue weighted by atomic mass is 10.1. The zero-order chi connectivity index (χ0) is 45.4. The van der Waals surface area contributed by atoms with E-state index in [-0.39, 0.29) is 23.3 Å². The normalized spacial score (nSPS) is 11.0. The summed E-state index contributed by atoms with van der Waals surface area (Å²) in [5.74, 6) is -0.133. The number of carboxylic acids is 1. The number of amides is 3. The second-order valence-corrected chi connectivity index (χ2v) is 15.6. The highest BCUT2D eigenvalue weighted by Gasteiger charge is 2.19. The lowest BCUT2D eigenvalue weighted by molar-refractivity contribution is 0.0631. The van der Waals surface area contributed by atoms with Gasteiger partial charge in [0.2, 0.25) is 5.76 Å². The van der Waals surface area contributed by atoms with Crippen molar-refractivity contribution in [3.8, 4) is 0 Å². The van der Waals surface area contributed by atoms with Crippen molar-refractivity contribution in [2.45, 2.75) is 67.2 Å². The van der Waals surface area contributed by atoms with E-state index >= 15 is 0 Å². The summed E-state index contributed by atoms with van der Waals surface area (Å²) in [5.41, 5.74) is 12.4. The number of fused-ring (bicyclic) bond motifs is 3. The lowest BCUT2D eigenvalue weighted by Crippen LogP contribution is -2.28. The number of pyridine rings is 2. The zero-order valence-electron chi connectivity index (χ0n) is 35.9. The molecule has 3 aromatic carbocycles. The molecule has 0 aliphatic carbocycles. The number of anilines is 2. The first-order valence-electron chi connectivity index (χ1n) is 19.9. The Kier molecular flexibility index (Phi) is 13.6. The number of hydrogen-bond donors (Lipinski definition) is 5. The number of nitrogen functional groups attached to an aromatic ring is 1. The second kappa shape index (κ2) is 19.2. The number of nitrogens with two attached hydrogens (primary N) is 1. The highest BCUT2D eigenvalue weighted by atomic mass is 16.6. The minimum Gasteiger partial charge on any atom is -0.475 e. The smallest absolute Gasteiger partial charge is 0.413 e. The van der Waals surface area contributed by atoms with Crippen LogP contribution in [0.2, 0.25) is 0 Å². The molecule has 0 unspecified atom stereocenters. The predicted molar refractivity (Wildman–Crippen MR) is 240 cm³/mol. The summed E-state index contributed by atoms with van der Waals surface area (Å²) in [4.78, 5) is 55.7. The van der Waals surface area contributed by atoms with Gasteiger partial charge in [0, 0.05) is 40.6 Å². The van der Waals surface area contributed by atoms with Crippen molar-refractivity contribution in [1.29, 1.82) is 0 Å². The van der Waals surface area contributed by atoms with Crippen LogP contribution in [0, 0.1) is 27.7 Å². The molecule has 324 valence electrons. The Hall–Kier alpha value is -7.94. The minimum absolute atomic E-state index is 0.0174. The minimum atomic E-state index is -1.04. The first kappa shape index (κ1) is 44.6. The number of aromatic carboxylic acids is 1. The van der Waals surface area contributed by atoms with E-state index in [2.05, 4.69) is 25.9 Å². The summed E-state index contributed by atoms with van der Waals surface area (Å²) in [6.07, 6.45) is -0.560. The Morgan fingerprint density at radius 1 is 0.619 bits per heavy atom. The van der Waals surface area contributed by atoms with Crippen LogP contribution in [0.15, 0.2) is 116 Å². The van der Waals surface area contributed by atoms with Crippen LogP contribution in [0.1, 0.15) is 86.1 Å². The molecule has 0 atom stereocenters. The Balaban J connectivity index is 0.000000170. The molecule has 15 heteroatoms. The van der Waals surface area contributed by atoms with Crippen LogP contribution in [-0.2, 0) is 17.8 Å². The highest BCUT2D eigenvalue weighted by molar-refractivity contribution is 5.97. The van der Waals surface area contributed by atoms with Gasteiger partial charge in [0.25, 0.3) is 11.8 Å². The number of nitrogens with one attached hydrogen (secondary N) is 3. The van der Waals surface area contributed by atoms with Gasteiger partial charge in [-0.05, 0) is 119 Å². The maximum absolute atomic E-state index is 12.5. The van der Waals surface area contributed by atoms with Crippen molar-refractivity contribution in [3.63, 3.8) is 0 Å². The van der Waals surface area contributed by atoms with Gasteiger partial charge in [0.1, 0.15) is 34.0 Å². The standard InChI is InChI=1S/C22H25N3O4.C17H17N3O2.C9H6O3/c1-13-10-19(25-21(27)29-22(3,4)5)24-14(2)16(13)12-23-20(26)18-11-15-8-6-7-9-17(15)28-18;1-10-7-16(18)20-11(2)13(10)9-19-17(21)15-8-12-5-3-4-6-14(12)22-15;10-9(11)8-5-6-3-1-2-4-7(6)12-8/h6-11H,12H2,1-5H3,(H,23,26)(H,24,25,27);3-8H,9H2,1-2H3,(H2,18,20)(H,19,21);1-5H,(H,10,11). The number of carbonyl (C=O) groups excluding carboxylic acids is 3. The number of carboxylic acid groups (broad SMARTS) is 1. The maximum atomic E-state index is 12.5.